The lowest BCUT2D eigenvalue weighted by Gasteiger charge is -2.04. The van der Waals surface area contributed by atoms with Gasteiger partial charge in [-0.2, -0.15) is 0 Å². The summed E-state index contributed by atoms with van der Waals surface area (Å²) in [5, 5.41) is 16.9. The Morgan fingerprint density at radius 2 is 1.41 bits per heavy atom. The molecule has 6 heteroatoms. The second kappa shape index (κ2) is 6.62. The molecule has 0 saturated carbocycles. The van der Waals surface area contributed by atoms with Crippen LogP contribution in [0.4, 0.5) is 0 Å². The Hall–Kier alpha value is -1.92. The standard InChI is InChI=1S/C11H12O6/c12-5-6-16-10(14)8-1-3-9(4-2-8)11(15)17-7-13/h1-4,12-13H,5-7H2. The minimum atomic E-state index is -0.695. The summed E-state index contributed by atoms with van der Waals surface area (Å²) >= 11 is 0. The van der Waals surface area contributed by atoms with E-state index >= 15 is 0 Å². The van der Waals surface area contributed by atoms with Gasteiger partial charge in [0.05, 0.1) is 17.7 Å². The minimum Gasteiger partial charge on any atom is -0.460 e. The van der Waals surface area contributed by atoms with E-state index in [1.165, 1.54) is 24.3 Å². The van der Waals surface area contributed by atoms with Crippen molar-refractivity contribution in [1.29, 1.82) is 0 Å². The Morgan fingerprint density at radius 3 is 1.82 bits per heavy atom. The van der Waals surface area contributed by atoms with Crippen molar-refractivity contribution in [2.75, 3.05) is 20.0 Å². The highest BCUT2D eigenvalue weighted by molar-refractivity contribution is 5.93. The zero-order valence-electron chi connectivity index (χ0n) is 8.96. The normalized spacial score (nSPS) is 9.76. The number of hydrogen-bond acceptors (Lipinski definition) is 6. The first-order chi connectivity index (χ1) is 8.19. The molecule has 92 valence electrons. The van der Waals surface area contributed by atoms with Crippen molar-refractivity contribution in [2.45, 2.75) is 0 Å². The molecule has 0 unspecified atom stereocenters. The van der Waals surface area contributed by atoms with Crippen molar-refractivity contribution < 1.29 is 29.3 Å². The molecular formula is C11H12O6. The number of aliphatic hydroxyl groups is 2. The first-order valence-electron chi connectivity index (χ1n) is 4.85. The fraction of sp³-hybridized carbons (Fsp3) is 0.273. The molecule has 0 aromatic heterocycles. The molecule has 0 aliphatic heterocycles. The maximum Gasteiger partial charge on any atom is 0.340 e. The molecule has 1 rings (SSSR count). The number of ether oxygens (including phenoxy) is 2. The third kappa shape index (κ3) is 3.86. The van der Waals surface area contributed by atoms with E-state index in [-0.39, 0.29) is 24.3 Å². The Morgan fingerprint density at radius 1 is 0.941 bits per heavy atom. The average molecular weight is 240 g/mol. The Bertz CT molecular complexity index is 383. The Labute approximate surface area is 97.4 Å². The summed E-state index contributed by atoms with van der Waals surface area (Å²) in [5.74, 6) is -1.26. The highest BCUT2D eigenvalue weighted by Crippen LogP contribution is 2.07. The molecule has 0 aliphatic carbocycles. The van der Waals surface area contributed by atoms with E-state index < -0.39 is 18.7 Å². The molecule has 0 atom stereocenters. The summed E-state index contributed by atoms with van der Waals surface area (Å²) in [6.45, 7) is -1.01. The van der Waals surface area contributed by atoms with Gasteiger partial charge in [-0.3, -0.25) is 0 Å². The number of hydrogen-bond donors (Lipinski definition) is 2. The van der Waals surface area contributed by atoms with Crippen LogP contribution in [0.15, 0.2) is 24.3 Å². The zero-order chi connectivity index (χ0) is 12.7. The van der Waals surface area contributed by atoms with Crippen LogP contribution in [0.2, 0.25) is 0 Å². The summed E-state index contributed by atoms with van der Waals surface area (Å²) in [6, 6.07) is 5.56. The topological polar surface area (TPSA) is 93.1 Å². The van der Waals surface area contributed by atoms with E-state index in [1.54, 1.807) is 0 Å². The molecule has 0 bridgehead atoms. The summed E-state index contributed by atoms with van der Waals surface area (Å²) < 4.78 is 9.04. The molecule has 1 aromatic carbocycles. The summed E-state index contributed by atoms with van der Waals surface area (Å²) in [7, 11) is 0. The molecule has 17 heavy (non-hydrogen) atoms. The number of aliphatic hydroxyl groups excluding tert-OH is 2. The van der Waals surface area contributed by atoms with Gasteiger partial charge in [-0.15, -0.1) is 0 Å². The molecule has 0 radical (unpaired) electrons. The first-order valence-corrected chi connectivity index (χ1v) is 4.85. The molecule has 0 saturated heterocycles. The van der Waals surface area contributed by atoms with E-state index in [2.05, 4.69) is 9.47 Å². The van der Waals surface area contributed by atoms with Crippen molar-refractivity contribution in [1.82, 2.24) is 0 Å². The second-order valence-electron chi connectivity index (χ2n) is 3.00. The van der Waals surface area contributed by atoms with Gasteiger partial charge in [0.1, 0.15) is 6.61 Å². The monoisotopic (exact) mass is 240 g/mol. The van der Waals surface area contributed by atoms with Crippen LogP contribution in [-0.4, -0.2) is 42.2 Å². The van der Waals surface area contributed by atoms with Gasteiger partial charge in [0.15, 0.2) is 6.79 Å². The molecule has 0 heterocycles. The zero-order valence-corrected chi connectivity index (χ0v) is 8.96. The summed E-state index contributed by atoms with van der Waals surface area (Å²) in [4.78, 5) is 22.5. The van der Waals surface area contributed by atoms with Crippen molar-refractivity contribution in [3.8, 4) is 0 Å². The van der Waals surface area contributed by atoms with Crippen LogP contribution >= 0.6 is 0 Å². The van der Waals surface area contributed by atoms with Crippen LogP contribution < -0.4 is 0 Å². The van der Waals surface area contributed by atoms with Crippen LogP contribution in [0.3, 0.4) is 0 Å². The predicted octanol–water partition coefficient (Wildman–Crippen LogP) is -0.0577. The third-order valence-corrected chi connectivity index (χ3v) is 1.88. The van der Waals surface area contributed by atoms with Crippen LogP contribution in [0.5, 0.6) is 0 Å². The van der Waals surface area contributed by atoms with Crippen molar-refractivity contribution in [3.63, 3.8) is 0 Å². The quantitative estimate of drug-likeness (QED) is 0.553. The van der Waals surface area contributed by atoms with Crippen molar-refractivity contribution in [2.24, 2.45) is 0 Å². The molecule has 0 fully saturated rings. The molecule has 1 aromatic rings. The van der Waals surface area contributed by atoms with Gasteiger partial charge in [-0.25, -0.2) is 9.59 Å². The fourth-order valence-corrected chi connectivity index (χ4v) is 1.11. The smallest absolute Gasteiger partial charge is 0.340 e. The number of carbonyl (C=O) groups is 2. The Balaban J connectivity index is 2.67. The summed E-state index contributed by atoms with van der Waals surface area (Å²) in [6.07, 6.45) is 0. The first kappa shape index (κ1) is 13.1. The van der Waals surface area contributed by atoms with Gasteiger partial charge in [-0.05, 0) is 24.3 Å². The SMILES string of the molecule is O=C(OCO)c1ccc(C(=O)OCCO)cc1. The molecule has 0 amide bonds. The van der Waals surface area contributed by atoms with Crippen molar-refractivity contribution >= 4 is 11.9 Å². The van der Waals surface area contributed by atoms with Gasteiger partial charge in [0, 0.05) is 0 Å². The van der Waals surface area contributed by atoms with Crippen LogP contribution in [-0.2, 0) is 9.47 Å². The fourth-order valence-electron chi connectivity index (χ4n) is 1.11. The lowest BCUT2D eigenvalue weighted by Crippen LogP contribution is -2.10. The number of carbonyl (C=O) groups excluding carboxylic acids is 2. The third-order valence-electron chi connectivity index (χ3n) is 1.88. The van der Waals surface area contributed by atoms with E-state index in [4.69, 9.17) is 10.2 Å². The van der Waals surface area contributed by atoms with Crippen LogP contribution in [0.25, 0.3) is 0 Å². The van der Waals surface area contributed by atoms with Gasteiger partial charge in [0.2, 0.25) is 0 Å². The lowest BCUT2D eigenvalue weighted by atomic mass is 10.1. The van der Waals surface area contributed by atoms with E-state index in [0.717, 1.165) is 0 Å². The maximum absolute atomic E-state index is 11.3. The molecule has 0 spiro atoms. The molecule has 0 aliphatic rings. The predicted molar refractivity (Wildman–Crippen MR) is 56.3 cm³/mol. The second-order valence-corrected chi connectivity index (χ2v) is 3.00. The van der Waals surface area contributed by atoms with E-state index in [0.29, 0.717) is 0 Å². The van der Waals surface area contributed by atoms with E-state index in [1.807, 2.05) is 0 Å². The molecular weight excluding hydrogens is 228 g/mol. The largest absolute Gasteiger partial charge is 0.460 e. The van der Waals surface area contributed by atoms with Gasteiger partial charge in [0.25, 0.3) is 0 Å². The maximum atomic E-state index is 11.3. The van der Waals surface area contributed by atoms with Gasteiger partial charge in [-0.1, -0.05) is 0 Å². The summed E-state index contributed by atoms with van der Waals surface area (Å²) in [5.41, 5.74) is 0.483. The van der Waals surface area contributed by atoms with Gasteiger partial charge < -0.3 is 19.7 Å². The van der Waals surface area contributed by atoms with Crippen LogP contribution in [0.1, 0.15) is 20.7 Å². The van der Waals surface area contributed by atoms with Gasteiger partial charge >= 0.3 is 11.9 Å². The number of rotatable bonds is 5. The van der Waals surface area contributed by atoms with E-state index in [9.17, 15) is 9.59 Å². The lowest BCUT2D eigenvalue weighted by molar-refractivity contribution is 0.00679. The average Bonchev–Trinajstić information content (AvgIpc) is 2.36. The minimum absolute atomic E-state index is 0.0763. The van der Waals surface area contributed by atoms with Crippen LogP contribution in [0, 0.1) is 0 Å². The molecule has 6 nitrogen and oxygen atoms in total. The number of benzene rings is 1. The highest BCUT2D eigenvalue weighted by Gasteiger charge is 2.10. The highest BCUT2D eigenvalue weighted by atomic mass is 16.6. The number of esters is 2. The molecule has 2 N–H and O–H groups in total. The Kier molecular flexibility index (Phi) is 5.12. The van der Waals surface area contributed by atoms with Crippen molar-refractivity contribution in [3.05, 3.63) is 35.4 Å².